The Morgan fingerprint density at radius 3 is 2.31 bits per heavy atom. The number of hydrogen-bond donors (Lipinski definition) is 1. The van der Waals surface area contributed by atoms with Gasteiger partial charge in [0.2, 0.25) is 0 Å². The minimum absolute atomic E-state index is 0.371. The van der Waals surface area contributed by atoms with E-state index in [0.717, 1.165) is 6.07 Å². The summed E-state index contributed by atoms with van der Waals surface area (Å²) in [6.45, 7) is 0. The highest BCUT2D eigenvalue weighted by molar-refractivity contribution is 5.70. The third kappa shape index (κ3) is 1.66. The van der Waals surface area contributed by atoms with Crippen LogP contribution in [0.4, 0.5) is 13.2 Å². The molecule has 1 fully saturated rings. The standard InChI is InChI=1S/C11H9F3O2/c12-6-1-2-7(13)10(14)9(6)11(3-4-11)5-8(15)16/h1-2H,3-5H2,(H,15,16). The van der Waals surface area contributed by atoms with Gasteiger partial charge in [0.05, 0.1) is 6.42 Å². The van der Waals surface area contributed by atoms with Gasteiger partial charge in [0.1, 0.15) is 5.82 Å². The summed E-state index contributed by atoms with van der Waals surface area (Å²) in [5.74, 6) is -4.43. The van der Waals surface area contributed by atoms with Gasteiger partial charge in [0.25, 0.3) is 0 Å². The van der Waals surface area contributed by atoms with Crippen LogP contribution in [0.2, 0.25) is 0 Å². The number of carboxylic acids is 1. The topological polar surface area (TPSA) is 37.3 Å². The van der Waals surface area contributed by atoms with Crippen molar-refractivity contribution in [2.45, 2.75) is 24.7 Å². The molecule has 1 aliphatic rings. The van der Waals surface area contributed by atoms with Crippen LogP contribution < -0.4 is 0 Å². The van der Waals surface area contributed by atoms with Gasteiger partial charge in [-0.3, -0.25) is 4.79 Å². The van der Waals surface area contributed by atoms with Gasteiger partial charge >= 0.3 is 5.97 Å². The van der Waals surface area contributed by atoms with Crippen molar-refractivity contribution >= 4 is 5.97 Å². The van der Waals surface area contributed by atoms with Crippen LogP contribution >= 0.6 is 0 Å². The first kappa shape index (κ1) is 11.0. The molecule has 0 amide bonds. The summed E-state index contributed by atoms with van der Waals surface area (Å²) in [6.07, 6.45) is 0.372. The van der Waals surface area contributed by atoms with Gasteiger partial charge in [-0.15, -0.1) is 0 Å². The molecular weight excluding hydrogens is 221 g/mol. The second kappa shape index (κ2) is 3.50. The number of carboxylic acid groups (broad SMARTS) is 1. The summed E-state index contributed by atoms with van der Waals surface area (Å²) < 4.78 is 39.8. The first-order chi connectivity index (χ1) is 7.46. The van der Waals surface area contributed by atoms with Crippen molar-refractivity contribution < 1.29 is 23.1 Å². The molecule has 0 aliphatic heterocycles. The number of aliphatic carboxylic acids is 1. The Kier molecular flexibility index (Phi) is 2.40. The van der Waals surface area contributed by atoms with Crippen LogP contribution in [-0.2, 0) is 10.2 Å². The molecule has 1 aromatic rings. The average molecular weight is 230 g/mol. The summed E-state index contributed by atoms with van der Waals surface area (Å²) in [7, 11) is 0. The van der Waals surface area contributed by atoms with E-state index >= 15 is 0 Å². The lowest BCUT2D eigenvalue weighted by Gasteiger charge is -2.15. The first-order valence-corrected chi connectivity index (χ1v) is 4.82. The Morgan fingerprint density at radius 2 is 1.81 bits per heavy atom. The molecule has 1 saturated carbocycles. The lowest BCUT2D eigenvalue weighted by atomic mass is 9.91. The van der Waals surface area contributed by atoms with Crippen molar-refractivity contribution in [1.82, 2.24) is 0 Å². The fraction of sp³-hybridized carbons (Fsp3) is 0.364. The van der Waals surface area contributed by atoms with Gasteiger partial charge in [-0.25, -0.2) is 13.2 Å². The van der Waals surface area contributed by atoms with Gasteiger partial charge in [-0.1, -0.05) is 0 Å². The number of halogens is 3. The summed E-state index contributed by atoms with van der Waals surface area (Å²) in [4.78, 5) is 10.6. The summed E-state index contributed by atoms with van der Waals surface area (Å²) >= 11 is 0. The molecule has 0 aromatic heterocycles. The molecule has 0 spiro atoms. The monoisotopic (exact) mass is 230 g/mol. The highest BCUT2D eigenvalue weighted by Gasteiger charge is 2.49. The van der Waals surface area contributed by atoms with E-state index in [1.54, 1.807) is 0 Å². The molecule has 1 aromatic carbocycles. The Bertz CT molecular complexity index is 453. The minimum atomic E-state index is -1.27. The maximum absolute atomic E-state index is 13.4. The zero-order chi connectivity index (χ0) is 11.9. The van der Waals surface area contributed by atoms with Crippen LogP contribution in [0.1, 0.15) is 24.8 Å². The maximum atomic E-state index is 13.4. The SMILES string of the molecule is O=C(O)CC1(c2c(F)ccc(F)c2F)CC1. The Morgan fingerprint density at radius 1 is 1.25 bits per heavy atom. The van der Waals surface area contributed by atoms with Crippen molar-refractivity contribution in [1.29, 1.82) is 0 Å². The van der Waals surface area contributed by atoms with E-state index in [1.165, 1.54) is 0 Å². The zero-order valence-corrected chi connectivity index (χ0v) is 8.27. The van der Waals surface area contributed by atoms with Gasteiger partial charge in [-0.05, 0) is 25.0 Å². The second-order valence-electron chi connectivity index (χ2n) is 4.07. The largest absolute Gasteiger partial charge is 0.481 e. The van der Waals surface area contributed by atoms with E-state index in [2.05, 4.69) is 0 Å². The lowest BCUT2D eigenvalue weighted by Crippen LogP contribution is -2.17. The summed E-state index contributed by atoms with van der Waals surface area (Å²) in [5, 5.41) is 8.66. The van der Waals surface area contributed by atoms with Crippen molar-refractivity contribution in [3.05, 3.63) is 35.1 Å². The number of benzene rings is 1. The Balaban J connectivity index is 2.48. The predicted octanol–water partition coefficient (Wildman–Crippen LogP) is 2.61. The summed E-state index contributed by atoms with van der Waals surface area (Å²) in [6, 6.07) is 1.53. The minimum Gasteiger partial charge on any atom is -0.481 e. The van der Waals surface area contributed by atoms with Crippen LogP contribution in [0, 0.1) is 17.5 Å². The van der Waals surface area contributed by atoms with E-state index in [-0.39, 0.29) is 6.42 Å². The van der Waals surface area contributed by atoms with Gasteiger partial charge in [0, 0.05) is 11.0 Å². The van der Waals surface area contributed by atoms with Crippen molar-refractivity contribution in [2.24, 2.45) is 0 Å². The van der Waals surface area contributed by atoms with Crippen LogP contribution in [0.5, 0.6) is 0 Å². The molecule has 1 aliphatic carbocycles. The molecule has 0 unspecified atom stereocenters. The van der Waals surface area contributed by atoms with E-state index < -0.39 is 34.4 Å². The zero-order valence-electron chi connectivity index (χ0n) is 8.27. The Labute approximate surface area is 89.7 Å². The molecule has 5 heteroatoms. The normalized spacial score (nSPS) is 17.2. The third-order valence-corrected chi connectivity index (χ3v) is 2.92. The number of rotatable bonds is 3. The van der Waals surface area contributed by atoms with Gasteiger partial charge in [0.15, 0.2) is 11.6 Å². The molecule has 16 heavy (non-hydrogen) atoms. The van der Waals surface area contributed by atoms with Crippen LogP contribution in [0.25, 0.3) is 0 Å². The smallest absolute Gasteiger partial charge is 0.304 e. The quantitative estimate of drug-likeness (QED) is 0.810. The van der Waals surface area contributed by atoms with Gasteiger partial charge < -0.3 is 5.11 Å². The number of carbonyl (C=O) groups is 1. The predicted molar refractivity (Wildman–Crippen MR) is 49.5 cm³/mol. The molecular formula is C11H9F3O2. The van der Waals surface area contributed by atoms with E-state index in [1.807, 2.05) is 0 Å². The molecule has 1 N–H and O–H groups in total. The molecule has 0 heterocycles. The fourth-order valence-electron chi connectivity index (χ4n) is 1.97. The fourth-order valence-corrected chi connectivity index (χ4v) is 1.97. The first-order valence-electron chi connectivity index (χ1n) is 4.82. The van der Waals surface area contributed by atoms with E-state index in [9.17, 15) is 18.0 Å². The van der Waals surface area contributed by atoms with Crippen LogP contribution in [0.3, 0.4) is 0 Å². The van der Waals surface area contributed by atoms with E-state index in [0.29, 0.717) is 18.9 Å². The van der Waals surface area contributed by atoms with Crippen molar-refractivity contribution in [2.75, 3.05) is 0 Å². The van der Waals surface area contributed by atoms with Crippen molar-refractivity contribution in [3.8, 4) is 0 Å². The van der Waals surface area contributed by atoms with Crippen LogP contribution in [-0.4, -0.2) is 11.1 Å². The maximum Gasteiger partial charge on any atom is 0.304 e. The molecule has 86 valence electrons. The molecule has 2 nitrogen and oxygen atoms in total. The lowest BCUT2D eigenvalue weighted by molar-refractivity contribution is -0.137. The second-order valence-corrected chi connectivity index (χ2v) is 4.07. The van der Waals surface area contributed by atoms with E-state index in [4.69, 9.17) is 5.11 Å². The molecule has 0 bridgehead atoms. The number of hydrogen-bond acceptors (Lipinski definition) is 1. The van der Waals surface area contributed by atoms with Crippen LogP contribution in [0.15, 0.2) is 12.1 Å². The molecule has 2 rings (SSSR count). The molecule has 0 atom stereocenters. The van der Waals surface area contributed by atoms with Gasteiger partial charge in [-0.2, -0.15) is 0 Å². The summed E-state index contributed by atoms with van der Waals surface area (Å²) in [5.41, 5.74) is -1.47. The molecule has 0 saturated heterocycles. The van der Waals surface area contributed by atoms with Crippen molar-refractivity contribution in [3.63, 3.8) is 0 Å². The average Bonchev–Trinajstić information content (AvgIpc) is 2.92. The molecule has 0 radical (unpaired) electrons. The highest BCUT2D eigenvalue weighted by atomic mass is 19.2. The highest BCUT2D eigenvalue weighted by Crippen LogP contribution is 2.52. The third-order valence-electron chi connectivity index (χ3n) is 2.92. The Hall–Kier alpha value is -1.52.